The van der Waals surface area contributed by atoms with E-state index in [9.17, 15) is 19.8 Å². The summed E-state index contributed by atoms with van der Waals surface area (Å²) in [6.07, 6.45) is -2.69. The minimum absolute atomic E-state index is 0. The fourth-order valence-corrected chi connectivity index (χ4v) is 0. The van der Waals surface area contributed by atoms with Crippen LogP contribution in [0.5, 0.6) is 0 Å². The minimum atomic E-state index is -1.44. The van der Waals surface area contributed by atoms with Crippen molar-refractivity contribution in [3.05, 3.63) is 0 Å². The number of carbonyl (C=O) groups is 2. The molecule has 0 bridgehead atoms. The van der Waals surface area contributed by atoms with Crippen LogP contribution in [0.15, 0.2) is 0 Å². The van der Waals surface area contributed by atoms with E-state index in [2.05, 4.69) is 0 Å². The number of aliphatic carboxylic acids is 2. The molecule has 6 nitrogen and oxygen atoms in total. The summed E-state index contributed by atoms with van der Waals surface area (Å²) in [5, 5.41) is 34.6. The molecule has 0 aromatic carbocycles. The van der Waals surface area contributed by atoms with Crippen LogP contribution in [0, 0.1) is 0 Å². The standard InChI is InChI=1S/2C3H6O3.Ca.2ClH.Zn/c2*1-2(4)3(5)6;;;;/h2*2,4H,1H3,(H,5,6);;2*1H;/q;;+2;;;+2/p-4. The van der Waals surface area contributed by atoms with Gasteiger partial charge in [-0.2, -0.15) is 0 Å². The molecule has 0 aromatic heterocycles. The quantitative estimate of drug-likeness (QED) is 0.475. The fourth-order valence-electron chi connectivity index (χ4n) is 0. The maximum absolute atomic E-state index is 9.34. The van der Waals surface area contributed by atoms with Crippen molar-refractivity contribution in [2.75, 3.05) is 0 Å². The van der Waals surface area contributed by atoms with Crippen molar-refractivity contribution in [2.45, 2.75) is 26.1 Å². The third-order valence-electron chi connectivity index (χ3n) is 0.682. The van der Waals surface area contributed by atoms with Crippen molar-refractivity contribution in [1.29, 1.82) is 0 Å². The molecule has 0 aliphatic heterocycles. The average Bonchev–Trinajstić information content (AvgIpc) is 1.88. The Balaban J connectivity index is -0.0000000250. The molecule has 0 fully saturated rings. The van der Waals surface area contributed by atoms with Crippen LogP contribution in [-0.2, 0) is 29.1 Å². The Labute approximate surface area is 148 Å². The monoisotopic (exact) mass is 352 g/mol. The average molecular weight is 355 g/mol. The molecule has 0 aromatic rings. The molecule has 2 atom stereocenters. The molecule has 0 rings (SSSR count). The summed E-state index contributed by atoms with van der Waals surface area (Å²) >= 11 is 0. The van der Waals surface area contributed by atoms with Crippen LogP contribution in [0.4, 0.5) is 0 Å². The topological polar surface area (TPSA) is 121 Å². The summed E-state index contributed by atoms with van der Waals surface area (Å²) in [5.74, 6) is -2.87. The number of halogens is 2. The van der Waals surface area contributed by atoms with Gasteiger partial charge in [0.1, 0.15) is 0 Å². The minimum Gasteiger partial charge on any atom is -1.00 e. The first kappa shape index (κ1) is 36.0. The Kier molecular flexibility index (Phi) is 48.6. The molecule has 0 aliphatic rings. The SMILES string of the molecule is CC(O)C(=O)[O-].CC(O)C(=O)[O-].[Ca+2].[Cl-].[Cl-].[Zn+2]. The van der Waals surface area contributed by atoms with E-state index in [1.807, 2.05) is 0 Å². The van der Waals surface area contributed by atoms with E-state index in [0.717, 1.165) is 13.8 Å². The molecule has 88 valence electrons. The molecule has 0 amide bonds. The molecule has 0 aliphatic carbocycles. The van der Waals surface area contributed by atoms with E-state index in [-0.39, 0.29) is 82.0 Å². The molecule has 2 N–H and O–H groups in total. The van der Waals surface area contributed by atoms with Gasteiger partial charge in [-0.05, 0) is 13.8 Å². The number of rotatable bonds is 2. The van der Waals surface area contributed by atoms with Crippen molar-refractivity contribution >= 4 is 49.7 Å². The fraction of sp³-hybridized carbons (Fsp3) is 0.667. The van der Waals surface area contributed by atoms with Crippen LogP contribution >= 0.6 is 0 Å². The normalized spacial score (nSPS) is 10.2. The molecule has 10 heteroatoms. The van der Waals surface area contributed by atoms with Gasteiger partial charge in [0.25, 0.3) is 0 Å². The van der Waals surface area contributed by atoms with Gasteiger partial charge < -0.3 is 54.8 Å². The number of carboxylic acids is 2. The van der Waals surface area contributed by atoms with Gasteiger partial charge in [0.2, 0.25) is 0 Å². The van der Waals surface area contributed by atoms with Crippen LogP contribution in [0.25, 0.3) is 0 Å². The first-order chi connectivity index (χ1) is 5.29. The zero-order chi connectivity index (χ0) is 10.3. The Morgan fingerprint density at radius 2 is 1.00 bits per heavy atom. The van der Waals surface area contributed by atoms with Gasteiger partial charge in [-0.1, -0.05) is 0 Å². The third kappa shape index (κ3) is 36.2. The molecular weight excluding hydrogens is 344 g/mol. The van der Waals surface area contributed by atoms with E-state index >= 15 is 0 Å². The second-order valence-electron chi connectivity index (χ2n) is 1.99. The number of hydrogen-bond donors (Lipinski definition) is 2. The van der Waals surface area contributed by atoms with Crippen LogP contribution in [0.1, 0.15) is 13.8 Å². The largest absolute Gasteiger partial charge is 2.00 e. The van der Waals surface area contributed by atoms with E-state index < -0.39 is 24.1 Å². The van der Waals surface area contributed by atoms with Gasteiger partial charge in [0, 0.05) is 0 Å². The number of carbonyl (C=O) groups excluding carboxylic acids is 2. The summed E-state index contributed by atoms with van der Waals surface area (Å²) in [6, 6.07) is 0. The maximum atomic E-state index is 9.34. The Morgan fingerprint density at radius 3 is 1.00 bits per heavy atom. The van der Waals surface area contributed by atoms with Crippen LogP contribution in [0.2, 0.25) is 0 Å². The predicted octanol–water partition coefficient (Wildman–Crippen LogP) is -10.1. The van der Waals surface area contributed by atoms with Gasteiger partial charge >= 0.3 is 57.2 Å². The molecule has 2 unspecified atom stereocenters. The third-order valence-corrected chi connectivity index (χ3v) is 0.682. The van der Waals surface area contributed by atoms with Crippen LogP contribution < -0.4 is 35.0 Å². The van der Waals surface area contributed by atoms with E-state index in [0.29, 0.717) is 0 Å². The molecule has 0 spiro atoms. The smallest absolute Gasteiger partial charge is 1.00 e. The molecule has 0 radical (unpaired) electrons. The van der Waals surface area contributed by atoms with E-state index in [1.54, 1.807) is 0 Å². The van der Waals surface area contributed by atoms with Gasteiger partial charge in [-0.3, -0.25) is 0 Å². The van der Waals surface area contributed by atoms with Crippen molar-refractivity contribution in [3.63, 3.8) is 0 Å². The number of aliphatic hydroxyl groups is 2. The first-order valence-electron chi connectivity index (χ1n) is 3.06. The summed E-state index contributed by atoms with van der Waals surface area (Å²) in [7, 11) is 0. The van der Waals surface area contributed by atoms with E-state index in [4.69, 9.17) is 10.2 Å². The van der Waals surface area contributed by atoms with Crippen molar-refractivity contribution in [1.82, 2.24) is 0 Å². The first-order valence-corrected chi connectivity index (χ1v) is 3.06. The second kappa shape index (κ2) is 21.6. The summed E-state index contributed by atoms with van der Waals surface area (Å²) in [4.78, 5) is 18.7. The molecule has 0 heterocycles. The summed E-state index contributed by atoms with van der Waals surface area (Å²) < 4.78 is 0. The summed E-state index contributed by atoms with van der Waals surface area (Å²) in [5.41, 5.74) is 0. The van der Waals surface area contributed by atoms with Gasteiger partial charge in [-0.15, -0.1) is 0 Å². The van der Waals surface area contributed by atoms with Crippen LogP contribution in [0.3, 0.4) is 0 Å². The van der Waals surface area contributed by atoms with Gasteiger partial charge in [0.15, 0.2) is 0 Å². The molecule has 0 saturated heterocycles. The van der Waals surface area contributed by atoms with Crippen LogP contribution in [-0.4, -0.2) is 72.1 Å². The Hall–Kier alpha value is 1.32. The maximum Gasteiger partial charge on any atom is 2.00 e. The number of hydrogen-bond acceptors (Lipinski definition) is 6. The molecule has 16 heavy (non-hydrogen) atoms. The molecular formula is C6H10CaCl2O6Zn. The van der Waals surface area contributed by atoms with Crippen molar-refractivity contribution in [3.8, 4) is 0 Å². The number of aliphatic hydroxyl groups excluding tert-OH is 2. The van der Waals surface area contributed by atoms with Gasteiger partial charge in [-0.25, -0.2) is 0 Å². The van der Waals surface area contributed by atoms with Crippen molar-refractivity contribution in [2.24, 2.45) is 0 Å². The molecule has 0 saturated carbocycles. The summed E-state index contributed by atoms with van der Waals surface area (Å²) in [6.45, 7) is 2.27. The van der Waals surface area contributed by atoms with E-state index in [1.165, 1.54) is 0 Å². The van der Waals surface area contributed by atoms with Crippen molar-refractivity contribution < 1.29 is 74.3 Å². The number of carboxylic acid groups (broad SMARTS) is 2. The predicted molar refractivity (Wildman–Crippen MR) is 39.1 cm³/mol. The second-order valence-corrected chi connectivity index (χ2v) is 1.99. The Bertz CT molecular complexity index is 151. The zero-order valence-corrected chi connectivity index (χ0v) is 15.5. The van der Waals surface area contributed by atoms with Gasteiger partial charge in [0.05, 0.1) is 24.1 Å². The Morgan fingerprint density at radius 1 is 0.938 bits per heavy atom. The zero-order valence-electron chi connectivity index (χ0n) is 8.85.